The van der Waals surface area contributed by atoms with Crippen molar-refractivity contribution in [2.45, 2.75) is 33.1 Å². The van der Waals surface area contributed by atoms with Crippen LogP contribution in [-0.4, -0.2) is 36.1 Å². The van der Waals surface area contributed by atoms with Crippen molar-refractivity contribution in [1.82, 2.24) is 4.90 Å². The van der Waals surface area contributed by atoms with E-state index in [1.54, 1.807) is 13.0 Å². The summed E-state index contributed by atoms with van der Waals surface area (Å²) in [6.07, 6.45) is 5.41. The topological polar surface area (TPSA) is 40.5 Å². The molecule has 0 aromatic heterocycles. The molecule has 0 saturated carbocycles. The Morgan fingerprint density at radius 2 is 2.07 bits per heavy atom. The number of likely N-dealkylation sites (N-methyl/N-ethyl adjacent to an activating group) is 1. The van der Waals surface area contributed by atoms with Gasteiger partial charge in [-0.25, -0.2) is 4.79 Å². The zero-order chi connectivity index (χ0) is 11.0. The highest BCUT2D eigenvalue weighted by Gasteiger charge is 2.00. The fourth-order valence-corrected chi connectivity index (χ4v) is 1.10. The predicted molar refractivity (Wildman–Crippen MR) is 58.4 cm³/mol. The lowest BCUT2D eigenvalue weighted by Gasteiger charge is -2.13. The fraction of sp³-hybridized carbons (Fsp3) is 0.727. The maximum absolute atomic E-state index is 10.5. The van der Waals surface area contributed by atoms with Crippen LogP contribution in [0.4, 0.5) is 0 Å². The lowest BCUT2D eigenvalue weighted by Crippen LogP contribution is -2.20. The molecule has 82 valence electrons. The van der Waals surface area contributed by atoms with Crippen molar-refractivity contribution in [3.63, 3.8) is 0 Å². The molecule has 0 saturated heterocycles. The first-order chi connectivity index (χ1) is 6.57. The van der Waals surface area contributed by atoms with E-state index in [0.717, 1.165) is 13.1 Å². The third-order valence-corrected chi connectivity index (χ3v) is 2.19. The number of carbonyl (C=O) groups is 1. The molecule has 0 rings (SSSR count). The van der Waals surface area contributed by atoms with Crippen LogP contribution >= 0.6 is 0 Å². The Morgan fingerprint density at radius 3 is 2.57 bits per heavy atom. The van der Waals surface area contributed by atoms with Crippen LogP contribution in [0, 0.1) is 0 Å². The highest BCUT2D eigenvalue weighted by molar-refractivity contribution is 5.85. The van der Waals surface area contributed by atoms with Crippen molar-refractivity contribution in [3.05, 3.63) is 11.6 Å². The third-order valence-electron chi connectivity index (χ3n) is 2.19. The third kappa shape index (κ3) is 6.66. The zero-order valence-corrected chi connectivity index (χ0v) is 9.42. The second kappa shape index (κ2) is 7.56. The van der Waals surface area contributed by atoms with Gasteiger partial charge in [-0.2, -0.15) is 0 Å². The predicted octanol–water partition coefficient (Wildman–Crippen LogP) is 2.14. The molecule has 0 aliphatic heterocycles. The molecular weight excluding hydrogens is 178 g/mol. The standard InChI is InChI=1S/C11H21NO2/c1-4-5-6-8-12(3)9-7-10(2)11(13)14/h7H,4-6,8-9H2,1-3H3,(H,13,14). The summed E-state index contributed by atoms with van der Waals surface area (Å²) in [6, 6.07) is 0. The summed E-state index contributed by atoms with van der Waals surface area (Å²) < 4.78 is 0. The van der Waals surface area contributed by atoms with Crippen molar-refractivity contribution in [1.29, 1.82) is 0 Å². The van der Waals surface area contributed by atoms with Gasteiger partial charge in [-0.15, -0.1) is 0 Å². The van der Waals surface area contributed by atoms with Crippen LogP contribution in [0.15, 0.2) is 11.6 Å². The van der Waals surface area contributed by atoms with Gasteiger partial charge in [-0.1, -0.05) is 25.8 Å². The van der Waals surface area contributed by atoms with Crippen molar-refractivity contribution in [2.75, 3.05) is 20.1 Å². The Kier molecular flexibility index (Phi) is 7.11. The molecule has 0 amide bonds. The first-order valence-corrected chi connectivity index (χ1v) is 5.16. The average Bonchev–Trinajstić information content (AvgIpc) is 2.14. The lowest BCUT2D eigenvalue weighted by molar-refractivity contribution is -0.132. The molecule has 0 aliphatic carbocycles. The minimum absolute atomic E-state index is 0.423. The summed E-state index contributed by atoms with van der Waals surface area (Å²) in [5, 5.41) is 8.62. The van der Waals surface area contributed by atoms with Crippen LogP contribution in [0.5, 0.6) is 0 Å². The number of nitrogens with zero attached hydrogens (tertiary/aromatic N) is 1. The van der Waals surface area contributed by atoms with Gasteiger partial charge < -0.3 is 10.0 Å². The highest BCUT2D eigenvalue weighted by atomic mass is 16.4. The van der Waals surface area contributed by atoms with E-state index in [0.29, 0.717) is 5.57 Å². The van der Waals surface area contributed by atoms with Crippen LogP contribution in [0.25, 0.3) is 0 Å². The van der Waals surface area contributed by atoms with E-state index in [-0.39, 0.29) is 0 Å². The number of hydrogen-bond donors (Lipinski definition) is 1. The molecular formula is C11H21NO2. The Bertz CT molecular complexity index is 199. The average molecular weight is 199 g/mol. The normalized spacial score (nSPS) is 12.1. The molecule has 0 aliphatic rings. The molecule has 0 atom stereocenters. The van der Waals surface area contributed by atoms with E-state index >= 15 is 0 Å². The molecule has 3 heteroatoms. The number of hydrogen-bond acceptors (Lipinski definition) is 2. The van der Waals surface area contributed by atoms with Gasteiger partial charge in [0.05, 0.1) is 0 Å². The Hall–Kier alpha value is -0.830. The number of unbranched alkanes of at least 4 members (excludes halogenated alkanes) is 2. The Labute approximate surface area is 86.4 Å². The van der Waals surface area contributed by atoms with Gasteiger partial charge in [0.25, 0.3) is 0 Å². The summed E-state index contributed by atoms with van der Waals surface area (Å²) in [5.74, 6) is -0.827. The molecule has 0 aromatic carbocycles. The van der Waals surface area contributed by atoms with Crippen molar-refractivity contribution >= 4 is 5.97 Å². The number of rotatable bonds is 7. The van der Waals surface area contributed by atoms with Crippen LogP contribution in [0.3, 0.4) is 0 Å². The monoisotopic (exact) mass is 199 g/mol. The van der Waals surface area contributed by atoms with Crippen LogP contribution in [0.1, 0.15) is 33.1 Å². The second-order valence-electron chi connectivity index (χ2n) is 3.66. The van der Waals surface area contributed by atoms with Gasteiger partial charge in [0.1, 0.15) is 0 Å². The SMILES string of the molecule is CCCCCN(C)CC=C(C)C(=O)O. The largest absolute Gasteiger partial charge is 0.478 e. The van der Waals surface area contributed by atoms with E-state index < -0.39 is 5.97 Å². The van der Waals surface area contributed by atoms with Gasteiger partial charge in [0.2, 0.25) is 0 Å². The van der Waals surface area contributed by atoms with E-state index in [4.69, 9.17) is 5.11 Å². The van der Waals surface area contributed by atoms with E-state index in [9.17, 15) is 4.79 Å². The summed E-state index contributed by atoms with van der Waals surface area (Å²) in [4.78, 5) is 12.6. The summed E-state index contributed by atoms with van der Waals surface area (Å²) >= 11 is 0. The van der Waals surface area contributed by atoms with E-state index in [2.05, 4.69) is 11.8 Å². The molecule has 0 aromatic rings. The quantitative estimate of drug-likeness (QED) is 0.504. The Morgan fingerprint density at radius 1 is 1.43 bits per heavy atom. The smallest absolute Gasteiger partial charge is 0.330 e. The van der Waals surface area contributed by atoms with Crippen molar-refractivity contribution < 1.29 is 9.90 Å². The van der Waals surface area contributed by atoms with Gasteiger partial charge in [0, 0.05) is 12.1 Å². The number of aliphatic carboxylic acids is 1. The molecule has 0 heterocycles. The fourth-order valence-electron chi connectivity index (χ4n) is 1.10. The van der Waals surface area contributed by atoms with Gasteiger partial charge >= 0.3 is 5.97 Å². The molecule has 0 bridgehead atoms. The van der Waals surface area contributed by atoms with E-state index in [1.165, 1.54) is 19.3 Å². The molecule has 3 nitrogen and oxygen atoms in total. The Balaban J connectivity index is 3.67. The number of carboxylic acids is 1. The first kappa shape index (κ1) is 13.2. The first-order valence-electron chi connectivity index (χ1n) is 5.16. The zero-order valence-electron chi connectivity index (χ0n) is 9.42. The van der Waals surface area contributed by atoms with Gasteiger partial charge in [-0.3, -0.25) is 0 Å². The van der Waals surface area contributed by atoms with Crippen LogP contribution in [-0.2, 0) is 4.79 Å². The van der Waals surface area contributed by atoms with Gasteiger partial charge in [0.15, 0.2) is 0 Å². The lowest BCUT2D eigenvalue weighted by atomic mass is 10.2. The summed E-state index contributed by atoms with van der Waals surface area (Å²) in [5.41, 5.74) is 0.423. The van der Waals surface area contributed by atoms with Crippen LogP contribution < -0.4 is 0 Å². The van der Waals surface area contributed by atoms with Crippen molar-refractivity contribution in [2.24, 2.45) is 0 Å². The number of carboxylic acid groups (broad SMARTS) is 1. The van der Waals surface area contributed by atoms with Crippen molar-refractivity contribution in [3.8, 4) is 0 Å². The second-order valence-corrected chi connectivity index (χ2v) is 3.66. The molecule has 14 heavy (non-hydrogen) atoms. The molecule has 0 fully saturated rings. The molecule has 0 spiro atoms. The minimum atomic E-state index is -0.827. The minimum Gasteiger partial charge on any atom is -0.478 e. The summed E-state index contributed by atoms with van der Waals surface area (Å²) in [6.45, 7) is 5.57. The molecule has 0 radical (unpaired) electrons. The maximum atomic E-state index is 10.5. The summed E-state index contributed by atoms with van der Waals surface area (Å²) in [7, 11) is 2.02. The van der Waals surface area contributed by atoms with Gasteiger partial charge in [-0.05, 0) is 26.9 Å². The highest BCUT2D eigenvalue weighted by Crippen LogP contribution is 1.98. The molecule has 0 unspecified atom stereocenters. The molecule has 1 N–H and O–H groups in total. The maximum Gasteiger partial charge on any atom is 0.330 e. The van der Waals surface area contributed by atoms with Crippen LogP contribution in [0.2, 0.25) is 0 Å². The van der Waals surface area contributed by atoms with E-state index in [1.807, 2.05) is 7.05 Å².